The minimum absolute atomic E-state index is 0.0443. The van der Waals surface area contributed by atoms with Gasteiger partial charge in [0, 0.05) is 6.54 Å². The molecule has 2 amide bonds. The van der Waals surface area contributed by atoms with Gasteiger partial charge in [-0.3, -0.25) is 0 Å². The summed E-state index contributed by atoms with van der Waals surface area (Å²) in [5.74, 6) is 1.26. The summed E-state index contributed by atoms with van der Waals surface area (Å²) < 4.78 is 5.32. The average molecular weight is 308 g/mol. The first-order valence-corrected chi connectivity index (χ1v) is 7.75. The number of carbonyl (C=O) groups is 1. The molecule has 1 aromatic rings. The molecule has 0 aliphatic rings. The van der Waals surface area contributed by atoms with Crippen molar-refractivity contribution in [3.05, 3.63) is 29.3 Å². The van der Waals surface area contributed by atoms with Crippen LogP contribution in [0.2, 0.25) is 0 Å². The molecule has 5 heteroatoms. The van der Waals surface area contributed by atoms with Crippen molar-refractivity contribution in [1.29, 1.82) is 0 Å². The number of hydrogen-bond acceptors (Lipinski definition) is 3. The summed E-state index contributed by atoms with van der Waals surface area (Å²) in [5.41, 5.74) is 2.24. The van der Waals surface area contributed by atoms with Gasteiger partial charge in [-0.1, -0.05) is 31.5 Å². The van der Waals surface area contributed by atoms with Crippen molar-refractivity contribution in [3.8, 4) is 5.75 Å². The van der Waals surface area contributed by atoms with Crippen LogP contribution in [0.15, 0.2) is 18.2 Å². The lowest BCUT2D eigenvalue weighted by molar-refractivity contribution is 0.207. The molecule has 22 heavy (non-hydrogen) atoms. The third kappa shape index (κ3) is 6.35. The van der Waals surface area contributed by atoms with Crippen LogP contribution in [0.25, 0.3) is 0 Å². The number of rotatable bonds is 8. The number of hydrogen-bond donors (Lipinski definition) is 3. The number of benzene rings is 1. The molecular formula is C17H28N2O3. The highest BCUT2D eigenvalue weighted by molar-refractivity contribution is 5.74. The summed E-state index contributed by atoms with van der Waals surface area (Å²) >= 11 is 0. The third-order valence-corrected chi connectivity index (χ3v) is 3.43. The fraction of sp³-hybridized carbons (Fsp3) is 0.588. The molecule has 1 aromatic carbocycles. The third-order valence-electron chi connectivity index (χ3n) is 3.43. The Bertz CT molecular complexity index is 475. The summed E-state index contributed by atoms with van der Waals surface area (Å²) in [4.78, 5) is 11.8. The van der Waals surface area contributed by atoms with E-state index < -0.39 is 0 Å². The van der Waals surface area contributed by atoms with Crippen LogP contribution in [-0.2, 0) is 6.42 Å². The molecular weight excluding hydrogens is 280 g/mol. The number of nitrogens with one attached hydrogen (secondary N) is 2. The molecule has 0 aromatic heterocycles. The first kappa shape index (κ1) is 18.3. The van der Waals surface area contributed by atoms with Gasteiger partial charge < -0.3 is 20.5 Å². The number of urea groups is 1. The van der Waals surface area contributed by atoms with E-state index in [9.17, 15) is 9.90 Å². The Labute approximate surface area is 133 Å². The van der Waals surface area contributed by atoms with Gasteiger partial charge in [-0.25, -0.2) is 4.79 Å². The van der Waals surface area contributed by atoms with Gasteiger partial charge in [-0.05, 0) is 37.3 Å². The first-order valence-electron chi connectivity index (χ1n) is 7.75. The topological polar surface area (TPSA) is 70.6 Å². The van der Waals surface area contributed by atoms with Gasteiger partial charge in [0.2, 0.25) is 0 Å². The summed E-state index contributed by atoms with van der Waals surface area (Å²) in [7, 11) is 1.64. The SMILES string of the molecule is COc1ccc(C)cc1CCNC(=O)NC(CO)CC(C)C. The van der Waals surface area contributed by atoms with E-state index in [1.54, 1.807) is 7.11 Å². The van der Waals surface area contributed by atoms with Crippen molar-refractivity contribution in [2.75, 3.05) is 20.3 Å². The maximum absolute atomic E-state index is 11.8. The minimum Gasteiger partial charge on any atom is -0.496 e. The second kappa shape index (κ2) is 9.30. The Morgan fingerprint density at radius 2 is 2.09 bits per heavy atom. The van der Waals surface area contributed by atoms with Crippen molar-refractivity contribution in [2.24, 2.45) is 5.92 Å². The molecule has 0 heterocycles. The second-order valence-corrected chi connectivity index (χ2v) is 5.97. The lowest BCUT2D eigenvalue weighted by Gasteiger charge is -2.18. The molecule has 1 rings (SSSR count). The Hall–Kier alpha value is -1.75. The van der Waals surface area contributed by atoms with E-state index in [2.05, 4.69) is 30.5 Å². The summed E-state index contributed by atoms with van der Waals surface area (Å²) in [5, 5.41) is 14.9. The molecule has 1 atom stereocenters. The van der Waals surface area contributed by atoms with Crippen molar-refractivity contribution in [2.45, 2.75) is 39.7 Å². The highest BCUT2D eigenvalue weighted by Crippen LogP contribution is 2.19. The number of aliphatic hydroxyl groups excluding tert-OH is 1. The molecule has 0 saturated heterocycles. The van der Waals surface area contributed by atoms with E-state index in [0.29, 0.717) is 18.9 Å². The second-order valence-electron chi connectivity index (χ2n) is 5.97. The standard InChI is InChI=1S/C17H28N2O3/c1-12(2)9-15(11-20)19-17(21)18-8-7-14-10-13(3)5-6-16(14)22-4/h5-6,10,12,15,20H,7-9,11H2,1-4H3,(H2,18,19,21). The molecule has 0 radical (unpaired) electrons. The van der Waals surface area contributed by atoms with Crippen LogP contribution in [0.4, 0.5) is 4.79 Å². The van der Waals surface area contributed by atoms with Crippen molar-refractivity contribution in [3.63, 3.8) is 0 Å². The van der Waals surface area contributed by atoms with Crippen LogP contribution in [0.5, 0.6) is 5.75 Å². The highest BCUT2D eigenvalue weighted by atomic mass is 16.5. The van der Waals surface area contributed by atoms with Gasteiger partial charge >= 0.3 is 6.03 Å². The van der Waals surface area contributed by atoms with Gasteiger partial charge in [-0.2, -0.15) is 0 Å². The summed E-state index contributed by atoms with van der Waals surface area (Å²) in [6.45, 7) is 6.63. The number of carbonyl (C=O) groups excluding carboxylic acids is 1. The zero-order chi connectivity index (χ0) is 16.5. The van der Waals surface area contributed by atoms with Crippen LogP contribution in [0.1, 0.15) is 31.4 Å². The van der Waals surface area contributed by atoms with Gasteiger partial charge in [0.05, 0.1) is 19.8 Å². The predicted molar refractivity (Wildman–Crippen MR) is 88.3 cm³/mol. The molecule has 1 unspecified atom stereocenters. The average Bonchev–Trinajstić information content (AvgIpc) is 2.46. The maximum atomic E-state index is 11.8. The van der Waals surface area contributed by atoms with Crippen molar-refractivity contribution >= 4 is 6.03 Å². The Morgan fingerprint density at radius 1 is 1.36 bits per heavy atom. The normalized spacial score (nSPS) is 12.1. The van der Waals surface area contributed by atoms with E-state index in [0.717, 1.165) is 23.3 Å². The molecule has 0 fully saturated rings. The molecule has 124 valence electrons. The number of methoxy groups -OCH3 is 1. The smallest absolute Gasteiger partial charge is 0.315 e. The molecule has 0 aliphatic carbocycles. The number of aryl methyl sites for hydroxylation is 1. The van der Waals surface area contributed by atoms with Crippen LogP contribution < -0.4 is 15.4 Å². The fourth-order valence-electron chi connectivity index (χ4n) is 2.40. The minimum atomic E-state index is -0.244. The Kier molecular flexibility index (Phi) is 7.74. The van der Waals surface area contributed by atoms with Crippen LogP contribution >= 0.6 is 0 Å². The predicted octanol–water partition coefficient (Wildman–Crippen LogP) is 2.25. The Morgan fingerprint density at radius 3 is 2.68 bits per heavy atom. The van der Waals surface area contributed by atoms with E-state index in [1.807, 2.05) is 19.1 Å². The first-order chi connectivity index (χ1) is 10.5. The molecule has 0 saturated carbocycles. The van der Waals surface area contributed by atoms with Crippen molar-refractivity contribution in [1.82, 2.24) is 10.6 Å². The highest BCUT2D eigenvalue weighted by Gasteiger charge is 2.12. The summed E-state index contributed by atoms with van der Waals surface area (Å²) in [6, 6.07) is 5.56. The quantitative estimate of drug-likeness (QED) is 0.690. The van der Waals surface area contributed by atoms with Crippen molar-refractivity contribution < 1.29 is 14.6 Å². The molecule has 0 bridgehead atoms. The number of amides is 2. The van der Waals surface area contributed by atoms with E-state index in [4.69, 9.17) is 4.74 Å². The van der Waals surface area contributed by atoms with E-state index in [1.165, 1.54) is 0 Å². The van der Waals surface area contributed by atoms with Crippen LogP contribution in [0, 0.1) is 12.8 Å². The number of ether oxygens (including phenoxy) is 1. The zero-order valence-electron chi connectivity index (χ0n) is 14.0. The fourth-order valence-corrected chi connectivity index (χ4v) is 2.40. The van der Waals surface area contributed by atoms with Gasteiger partial charge in [-0.15, -0.1) is 0 Å². The Balaban J connectivity index is 2.43. The zero-order valence-corrected chi connectivity index (χ0v) is 14.0. The summed E-state index contributed by atoms with van der Waals surface area (Å²) in [6.07, 6.45) is 1.46. The van der Waals surface area contributed by atoms with E-state index in [-0.39, 0.29) is 18.7 Å². The molecule has 5 nitrogen and oxygen atoms in total. The van der Waals surface area contributed by atoms with E-state index >= 15 is 0 Å². The molecule has 0 spiro atoms. The molecule has 3 N–H and O–H groups in total. The van der Waals surface area contributed by atoms with Gasteiger partial charge in [0.25, 0.3) is 0 Å². The largest absolute Gasteiger partial charge is 0.496 e. The lowest BCUT2D eigenvalue weighted by atomic mass is 10.0. The monoisotopic (exact) mass is 308 g/mol. The number of aliphatic hydroxyl groups is 1. The maximum Gasteiger partial charge on any atom is 0.315 e. The molecule has 0 aliphatic heterocycles. The van der Waals surface area contributed by atoms with Crippen LogP contribution in [-0.4, -0.2) is 37.4 Å². The van der Waals surface area contributed by atoms with Crippen LogP contribution in [0.3, 0.4) is 0 Å². The van der Waals surface area contributed by atoms with Gasteiger partial charge in [0.15, 0.2) is 0 Å². The van der Waals surface area contributed by atoms with Gasteiger partial charge in [0.1, 0.15) is 5.75 Å². The lowest BCUT2D eigenvalue weighted by Crippen LogP contribution is -2.44.